The lowest BCUT2D eigenvalue weighted by molar-refractivity contribution is 0.0355. The molecule has 0 bridgehead atoms. The number of sulfonamides is 1. The van der Waals surface area contributed by atoms with Crippen LogP contribution in [0, 0.1) is 0 Å². The minimum atomic E-state index is -3.80. The van der Waals surface area contributed by atoms with Gasteiger partial charge in [-0.3, -0.25) is 0 Å². The molecule has 2 aliphatic heterocycles. The van der Waals surface area contributed by atoms with Gasteiger partial charge in [0.15, 0.2) is 0 Å². The van der Waals surface area contributed by atoms with E-state index in [4.69, 9.17) is 9.88 Å². The molecule has 0 aliphatic carbocycles. The van der Waals surface area contributed by atoms with Crippen molar-refractivity contribution in [2.24, 2.45) is 5.14 Å². The molecule has 0 spiro atoms. The molecule has 2 saturated heterocycles. The molecule has 2 heterocycles. The molecule has 8 nitrogen and oxygen atoms in total. The Bertz CT molecular complexity index is 734. The van der Waals surface area contributed by atoms with Crippen molar-refractivity contribution in [3.05, 3.63) is 24.3 Å². The van der Waals surface area contributed by atoms with Gasteiger partial charge in [-0.25, -0.2) is 18.4 Å². The fourth-order valence-corrected chi connectivity index (χ4v) is 3.96. The number of urea groups is 1. The fraction of sp³-hybridized carbons (Fsp3) is 0.588. The average Bonchev–Trinajstić information content (AvgIpc) is 2.98. The molecule has 2 fully saturated rings. The molecule has 0 saturated carbocycles. The zero-order chi connectivity index (χ0) is 18.6. The zero-order valence-corrected chi connectivity index (χ0v) is 15.6. The van der Waals surface area contributed by atoms with E-state index in [2.05, 4.69) is 10.2 Å². The molecule has 2 amide bonds. The second-order valence-corrected chi connectivity index (χ2v) is 8.36. The van der Waals surface area contributed by atoms with Gasteiger partial charge < -0.3 is 19.9 Å². The Kier molecular flexibility index (Phi) is 6.13. The molecule has 9 heteroatoms. The summed E-state index contributed by atoms with van der Waals surface area (Å²) >= 11 is 0. The van der Waals surface area contributed by atoms with Crippen molar-refractivity contribution >= 4 is 21.7 Å². The number of hydrogen-bond acceptors (Lipinski definition) is 5. The molecular formula is C17H26N4O4S. The highest BCUT2D eigenvalue weighted by atomic mass is 32.2. The van der Waals surface area contributed by atoms with Gasteiger partial charge in [-0.1, -0.05) is 6.07 Å². The Hall–Kier alpha value is -1.68. The van der Waals surface area contributed by atoms with Crippen molar-refractivity contribution < 1.29 is 17.9 Å². The van der Waals surface area contributed by atoms with E-state index in [0.29, 0.717) is 25.4 Å². The van der Waals surface area contributed by atoms with E-state index < -0.39 is 10.0 Å². The summed E-state index contributed by atoms with van der Waals surface area (Å²) in [5.41, 5.74) is 0.405. The number of primary sulfonamides is 1. The van der Waals surface area contributed by atoms with Gasteiger partial charge in [0.2, 0.25) is 10.0 Å². The van der Waals surface area contributed by atoms with E-state index in [-0.39, 0.29) is 17.0 Å². The molecule has 3 N–H and O–H groups in total. The standard InChI is InChI=1S/C17H26N4O4S/c18-26(23,24)16-6-3-5-14(11-16)19-17(22)21-9-4-10-25-15(13-21)12-20-7-1-2-8-20/h3,5-6,11,15H,1-2,4,7-10,12-13H2,(H,19,22)(H2,18,23,24)/t15-/m1/s1. The van der Waals surface area contributed by atoms with E-state index in [1.54, 1.807) is 17.0 Å². The maximum atomic E-state index is 12.6. The molecule has 1 aromatic rings. The SMILES string of the molecule is NS(=O)(=O)c1cccc(NC(=O)N2CCCO[C@H](CN3CCCC3)C2)c1. The maximum absolute atomic E-state index is 12.6. The van der Waals surface area contributed by atoms with Crippen LogP contribution in [0.3, 0.4) is 0 Å². The van der Waals surface area contributed by atoms with Crippen molar-refractivity contribution in [2.75, 3.05) is 44.6 Å². The van der Waals surface area contributed by atoms with Crippen molar-refractivity contribution in [2.45, 2.75) is 30.3 Å². The van der Waals surface area contributed by atoms with Crippen LogP contribution < -0.4 is 10.5 Å². The minimum absolute atomic E-state index is 0.00268. The number of carbonyl (C=O) groups is 1. The average molecular weight is 382 g/mol. The highest BCUT2D eigenvalue weighted by Crippen LogP contribution is 2.16. The first kappa shape index (κ1) is 19.1. The van der Waals surface area contributed by atoms with Crippen LogP contribution in [-0.2, 0) is 14.8 Å². The monoisotopic (exact) mass is 382 g/mol. The topological polar surface area (TPSA) is 105 Å². The lowest BCUT2D eigenvalue weighted by Gasteiger charge is -2.27. The molecule has 0 radical (unpaired) electrons. The first-order valence-electron chi connectivity index (χ1n) is 8.94. The number of nitrogens with one attached hydrogen (secondary N) is 1. The predicted octanol–water partition coefficient (Wildman–Crippen LogP) is 1.05. The van der Waals surface area contributed by atoms with Crippen molar-refractivity contribution in [3.63, 3.8) is 0 Å². The van der Waals surface area contributed by atoms with Gasteiger partial charge in [0.05, 0.1) is 11.0 Å². The van der Waals surface area contributed by atoms with Gasteiger partial charge in [-0.15, -0.1) is 0 Å². The molecule has 1 aromatic carbocycles. The summed E-state index contributed by atoms with van der Waals surface area (Å²) < 4.78 is 28.8. The van der Waals surface area contributed by atoms with Gasteiger partial charge in [0.1, 0.15) is 0 Å². The molecule has 2 aliphatic rings. The Morgan fingerprint density at radius 3 is 2.73 bits per heavy atom. The van der Waals surface area contributed by atoms with E-state index in [9.17, 15) is 13.2 Å². The third-order valence-corrected chi connectivity index (χ3v) is 5.62. The Labute approximate surface area is 154 Å². The molecule has 3 rings (SSSR count). The largest absolute Gasteiger partial charge is 0.375 e. The number of anilines is 1. The third kappa shape index (κ3) is 5.16. The van der Waals surface area contributed by atoms with Crippen LogP contribution in [0.15, 0.2) is 29.2 Å². The lowest BCUT2D eigenvalue weighted by Crippen LogP contribution is -2.43. The maximum Gasteiger partial charge on any atom is 0.321 e. The molecule has 1 atom stereocenters. The number of benzene rings is 1. The van der Waals surface area contributed by atoms with Gasteiger partial charge in [0, 0.05) is 31.9 Å². The number of rotatable bonds is 4. The molecule has 144 valence electrons. The summed E-state index contributed by atoms with van der Waals surface area (Å²) in [6, 6.07) is 5.70. The van der Waals surface area contributed by atoms with Crippen LogP contribution >= 0.6 is 0 Å². The number of nitrogens with zero attached hydrogens (tertiary/aromatic N) is 2. The summed E-state index contributed by atoms with van der Waals surface area (Å²) in [4.78, 5) is 16.7. The van der Waals surface area contributed by atoms with Crippen molar-refractivity contribution in [3.8, 4) is 0 Å². The highest BCUT2D eigenvalue weighted by molar-refractivity contribution is 7.89. The first-order chi connectivity index (χ1) is 12.4. The van der Waals surface area contributed by atoms with Crippen molar-refractivity contribution in [1.82, 2.24) is 9.80 Å². The van der Waals surface area contributed by atoms with E-state index in [1.807, 2.05) is 0 Å². The number of ether oxygens (including phenoxy) is 1. The van der Waals surface area contributed by atoms with Gasteiger partial charge in [-0.05, 0) is 50.6 Å². The number of amides is 2. The molecule has 0 unspecified atom stereocenters. The zero-order valence-electron chi connectivity index (χ0n) is 14.8. The van der Waals surface area contributed by atoms with Crippen LogP contribution in [-0.4, -0.2) is 69.7 Å². The van der Waals surface area contributed by atoms with Gasteiger partial charge in [-0.2, -0.15) is 0 Å². The summed E-state index contributed by atoms with van der Waals surface area (Å²) in [5.74, 6) is 0. The number of nitrogens with two attached hydrogens (primary N) is 1. The van der Waals surface area contributed by atoms with Crippen LogP contribution in [0.5, 0.6) is 0 Å². The van der Waals surface area contributed by atoms with Crippen LogP contribution in [0.1, 0.15) is 19.3 Å². The van der Waals surface area contributed by atoms with Gasteiger partial charge in [0.25, 0.3) is 0 Å². The number of hydrogen-bond donors (Lipinski definition) is 2. The molecule has 26 heavy (non-hydrogen) atoms. The predicted molar refractivity (Wildman–Crippen MR) is 98.4 cm³/mol. The smallest absolute Gasteiger partial charge is 0.321 e. The normalized spacial score (nSPS) is 22.2. The second-order valence-electron chi connectivity index (χ2n) is 6.80. The Balaban J connectivity index is 1.62. The van der Waals surface area contributed by atoms with Crippen molar-refractivity contribution in [1.29, 1.82) is 0 Å². The van der Waals surface area contributed by atoms with Crippen LogP contribution in [0.25, 0.3) is 0 Å². The summed E-state index contributed by atoms with van der Waals surface area (Å²) in [6.07, 6.45) is 3.22. The van der Waals surface area contributed by atoms with E-state index in [0.717, 1.165) is 26.1 Å². The Morgan fingerprint density at radius 2 is 2.00 bits per heavy atom. The summed E-state index contributed by atoms with van der Waals surface area (Å²) in [5, 5.41) is 7.91. The second kappa shape index (κ2) is 8.34. The first-order valence-corrected chi connectivity index (χ1v) is 10.5. The number of likely N-dealkylation sites (tertiary alicyclic amines) is 1. The highest BCUT2D eigenvalue weighted by Gasteiger charge is 2.25. The quantitative estimate of drug-likeness (QED) is 0.810. The fourth-order valence-electron chi connectivity index (χ4n) is 3.40. The molecule has 0 aromatic heterocycles. The van der Waals surface area contributed by atoms with Crippen LogP contribution in [0.4, 0.5) is 10.5 Å². The Morgan fingerprint density at radius 1 is 1.23 bits per heavy atom. The summed E-state index contributed by atoms with van der Waals surface area (Å²) in [7, 11) is -3.80. The summed E-state index contributed by atoms with van der Waals surface area (Å²) in [6.45, 7) is 4.79. The van der Waals surface area contributed by atoms with Gasteiger partial charge >= 0.3 is 6.03 Å². The lowest BCUT2D eigenvalue weighted by atomic mass is 10.3. The minimum Gasteiger partial charge on any atom is -0.375 e. The van der Waals surface area contributed by atoms with E-state index in [1.165, 1.54) is 25.0 Å². The van der Waals surface area contributed by atoms with Crippen LogP contribution in [0.2, 0.25) is 0 Å². The number of carbonyl (C=O) groups excluding carboxylic acids is 1. The third-order valence-electron chi connectivity index (χ3n) is 4.71. The van der Waals surface area contributed by atoms with E-state index >= 15 is 0 Å². The molecular weight excluding hydrogens is 356 g/mol.